The van der Waals surface area contributed by atoms with E-state index in [1.807, 2.05) is 0 Å². The van der Waals surface area contributed by atoms with Crippen molar-refractivity contribution in [3.63, 3.8) is 0 Å². The van der Waals surface area contributed by atoms with E-state index in [9.17, 15) is 36.6 Å². The second kappa shape index (κ2) is 8.26. The Hall–Kier alpha value is -2.41. The molecule has 1 heterocycles. The van der Waals surface area contributed by atoms with Gasteiger partial charge in [-0.05, 0) is 41.5 Å². The molecule has 0 saturated carbocycles. The first-order valence-electron chi connectivity index (χ1n) is 9.03. The molecule has 1 fully saturated rings. The number of ether oxygens (including phenoxy) is 2. The Morgan fingerprint density at radius 1 is 1.06 bits per heavy atom. The Kier molecular flexibility index (Phi) is 6.20. The maximum atomic E-state index is 12.5. The summed E-state index contributed by atoms with van der Waals surface area (Å²) < 4.78 is 74.6. The average Bonchev–Trinajstić information content (AvgIpc) is 2.66. The quantitative estimate of drug-likeness (QED) is 0.402. The zero-order valence-electron chi connectivity index (χ0n) is 16.2. The van der Waals surface area contributed by atoms with Gasteiger partial charge in [-0.15, -0.1) is 0 Å². The Morgan fingerprint density at radius 2 is 1.68 bits per heavy atom. The van der Waals surface area contributed by atoms with Gasteiger partial charge in [-0.1, -0.05) is 18.2 Å². The van der Waals surface area contributed by atoms with Gasteiger partial charge in [0.2, 0.25) is 0 Å². The van der Waals surface area contributed by atoms with Crippen molar-refractivity contribution < 1.29 is 50.3 Å². The van der Waals surface area contributed by atoms with Crippen molar-refractivity contribution in [1.82, 2.24) is 0 Å². The van der Waals surface area contributed by atoms with Crippen LogP contribution in [0, 0.1) is 0 Å². The fourth-order valence-corrected chi connectivity index (χ4v) is 3.77. The lowest BCUT2D eigenvalue weighted by Crippen LogP contribution is -2.54. The fraction of sp³-hybridized carbons (Fsp3) is 0.421. The molecule has 0 unspecified atom stereocenters. The van der Waals surface area contributed by atoms with Gasteiger partial charge in [0.1, 0.15) is 24.1 Å². The maximum Gasteiger partial charge on any atom is 0.534 e. The summed E-state index contributed by atoms with van der Waals surface area (Å²) >= 11 is 0. The second-order valence-corrected chi connectivity index (χ2v) is 8.61. The van der Waals surface area contributed by atoms with Crippen LogP contribution in [0.25, 0.3) is 10.8 Å². The highest BCUT2D eigenvalue weighted by molar-refractivity contribution is 7.88. The van der Waals surface area contributed by atoms with E-state index < -0.39 is 57.9 Å². The van der Waals surface area contributed by atoms with Gasteiger partial charge in [-0.2, -0.15) is 21.6 Å². The molecule has 1 saturated heterocycles. The minimum absolute atomic E-state index is 0.371. The minimum atomic E-state index is -5.79. The molecule has 0 amide bonds. The molecule has 0 bridgehead atoms. The van der Waals surface area contributed by atoms with Crippen LogP contribution in [-0.2, 0) is 24.4 Å². The highest BCUT2D eigenvalue weighted by Gasteiger charge is 2.48. The van der Waals surface area contributed by atoms with Crippen LogP contribution in [0.2, 0.25) is 0 Å². The van der Waals surface area contributed by atoms with Gasteiger partial charge in [0.25, 0.3) is 0 Å². The summed E-state index contributed by atoms with van der Waals surface area (Å²) in [6, 6.07) is 8.07. The number of carbonyl (C=O) groups excluding carboxylic acids is 1. The molecule has 2 N–H and O–H groups in total. The number of rotatable bonds is 4. The fourth-order valence-electron chi connectivity index (χ4n) is 3.32. The number of aliphatic hydroxyl groups excluding tert-OH is 2. The molecular formula is C19H19F3O8S. The maximum absolute atomic E-state index is 12.5. The molecule has 0 aromatic heterocycles. The highest BCUT2D eigenvalue weighted by atomic mass is 32.2. The summed E-state index contributed by atoms with van der Waals surface area (Å²) in [6.45, 7) is 2.74. The van der Waals surface area contributed by atoms with E-state index in [1.54, 1.807) is 13.0 Å². The number of esters is 1. The van der Waals surface area contributed by atoms with Crippen LogP contribution >= 0.6 is 0 Å². The number of alkyl halides is 3. The number of carbonyl (C=O) groups is 1. The summed E-state index contributed by atoms with van der Waals surface area (Å²) in [6.07, 6.45) is -5.58. The van der Waals surface area contributed by atoms with Crippen LogP contribution in [-0.4, -0.2) is 54.5 Å². The monoisotopic (exact) mass is 464 g/mol. The smallest absolute Gasteiger partial charge is 0.457 e. The van der Waals surface area contributed by atoms with Gasteiger partial charge in [-0.3, -0.25) is 4.79 Å². The van der Waals surface area contributed by atoms with Crippen LogP contribution in [0.5, 0.6) is 5.75 Å². The van der Waals surface area contributed by atoms with E-state index in [1.165, 1.54) is 25.1 Å². The lowest BCUT2D eigenvalue weighted by atomic mass is 9.90. The van der Waals surface area contributed by atoms with Gasteiger partial charge in [0.05, 0.1) is 6.10 Å². The third kappa shape index (κ3) is 4.76. The molecule has 12 heteroatoms. The molecule has 8 nitrogen and oxygen atoms in total. The topological polar surface area (TPSA) is 119 Å². The summed E-state index contributed by atoms with van der Waals surface area (Å²) in [5, 5.41) is 21.7. The predicted octanol–water partition coefficient (Wildman–Crippen LogP) is 2.18. The van der Waals surface area contributed by atoms with E-state index in [4.69, 9.17) is 9.47 Å². The molecule has 2 aromatic carbocycles. The summed E-state index contributed by atoms with van der Waals surface area (Å²) in [5.74, 6) is -1.15. The molecule has 0 spiro atoms. The first-order valence-corrected chi connectivity index (χ1v) is 10.4. The molecule has 0 radical (unpaired) electrons. The van der Waals surface area contributed by atoms with Gasteiger partial charge < -0.3 is 23.9 Å². The van der Waals surface area contributed by atoms with Gasteiger partial charge in [-0.25, -0.2) is 0 Å². The number of hydrogen-bond donors (Lipinski definition) is 2. The number of halogens is 3. The van der Waals surface area contributed by atoms with Gasteiger partial charge in [0, 0.05) is 6.92 Å². The first-order chi connectivity index (χ1) is 14.3. The Bertz CT molecular complexity index is 1090. The first kappa shape index (κ1) is 23.3. The highest BCUT2D eigenvalue weighted by Crippen LogP contribution is 2.36. The van der Waals surface area contributed by atoms with Crippen molar-refractivity contribution in [2.45, 2.75) is 49.9 Å². The van der Waals surface area contributed by atoms with E-state index in [0.29, 0.717) is 16.3 Å². The third-order valence-corrected chi connectivity index (χ3v) is 5.76. The number of aliphatic hydroxyl groups is 2. The molecular weight excluding hydrogens is 445 g/mol. The van der Waals surface area contributed by atoms with E-state index in [2.05, 4.69) is 4.18 Å². The minimum Gasteiger partial charge on any atom is -0.457 e. The van der Waals surface area contributed by atoms with Gasteiger partial charge >= 0.3 is 21.6 Å². The van der Waals surface area contributed by atoms with Crippen LogP contribution in [0.1, 0.15) is 25.5 Å². The lowest BCUT2D eigenvalue weighted by molar-refractivity contribution is -0.230. The Balaban J connectivity index is 1.86. The van der Waals surface area contributed by atoms with Crippen molar-refractivity contribution >= 4 is 26.9 Å². The molecule has 1 aliphatic rings. The summed E-state index contributed by atoms with van der Waals surface area (Å²) in [5.41, 5.74) is -5.11. The zero-order valence-corrected chi connectivity index (χ0v) is 17.1. The van der Waals surface area contributed by atoms with Crippen LogP contribution in [0.4, 0.5) is 13.2 Å². The van der Waals surface area contributed by atoms with E-state index in [-0.39, 0.29) is 0 Å². The summed E-state index contributed by atoms with van der Waals surface area (Å²) in [7, 11) is -5.79. The van der Waals surface area contributed by atoms with E-state index in [0.717, 1.165) is 12.1 Å². The average molecular weight is 464 g/mol. The van der Waals surface area contributed by atoms with Gasteiger partial charge in [0.15, 0.2) is 6.10 Å². The molecule has 31 heavy (non-hydrogen) atoms. The molecule has 2 aromatic rings. The Labute approximate surface area is 175 Å². The molecule has 3 rings (SSSR count). The normalized spacial score (nSPS) is 27.1. The lowest BCUT2D eigenvalue weighted by Gasteiger charge is -2.41. The Morgan fingerprint density at radius 3 is 2.29 bits per heavy atom. The van der Waals surface area contributed by atoms with Crippen molar-refractivity contribution in [3.05, 3.63) is 42.0 Å². The van der Waals surface area contributed by atoms with E-state index >= 15 is 0 Å². The zero-order chi connectivity index (χ0) is 23.1. The van der Waals surface area contributed by atoms with Crippen LogP contribution in [0.15, 0.2) is 36.4 Å². The summed E-state index contributed by atoms with van der Waals surface area (Å²) in [4.78, 5) is 11.2. The molecule has 0 aliphatic carbocycles. The van der Waals surface area contributed by atoms with Crippen LogP contribution < -0.4 is 4.18 Å². The largest absolute Gasteiger partial charge is 0.534 e. The molecule has 5 atom stereocenters. The molecule has 1 aliphatic heterocycles. The van der Waals surface area contributed by atoms with Crippen LogP contribution in [0.3, 0.4) is 0 Å². The van der Waals surface area contributed by atoms with Crippen molar-refractivity contribution in [2.75, 3.05) is 0 Å². The SMILES string of the molecule is CC(=O)O[C@@H]1[C@H](O)[C@H](O)[C@@H](c2ccc3cc(OS(=O)(=O)C(F)(F)F)ccc3c2)O[C@@H]1C. The third-order valence-electron chi connectivity index (χ3n) is 4.78. The number of benzene rings is 2. The molecule has 170 valence electrons. The predicted molar refractivity (Wildman–Crippen MR) is 100 cm³/mol. The van der Waals surface area contributed by atoms with Crippen molar-refractivity contribution in [3.8, 4) is 5.75 Å². The van der Waals surface area contributed by atoms with Crippen molar-refractivity contribution in [1.29, 1.82) is 0 Å². The van der Waals surface area contributed by atoms with Crippen molar-refractivity contribution in [2.24, 2.45) is 0 Å². The second-order valence-electron chi connectivity index (χ2n) is 7.07. The number of fused-ring (bicyclic) bond motifs is 1. The standard InChI is InChI=1S/C19H19F3O8S/c1-9-17(29-10(2)23)15(24)16(25)18(28-9)13-4-3-12-8-14(6-5-11(12)7-13)30-31(26,27)19(20,21)22/h3-9,15-18,24-25H,1-2H3/t9-,15-,16+,17+,18-/m1/s1. The number of hydrogen-bond acceptors (Lipinski definition) is 8.